The molecule has 70 valence electrons. The zero-order valence-electron chi connectivity index (χ0n) is 7.23. The first kappa shape index (κ1) is 9.70. The van der Waals surface area contributed by atoms with E-state index in [0.29, 0.717) is 5.56 Å². The topological polar surface area (TPSA) is 72.5 Å². The third-order valence-corrected chi connectivity index (χ3v) is 1.84. The molecule has 0 saturated carbocycles. The summed E-state index contributed by atoms with van der Waals surface area (Å²) >= 11 is 0. The number of aliphatic carboxylic acids is 1. The van der Waals surface area contributed by atoms with Crippen molar-refractivity contribution in [3.63, 3.8) is 0 Å². The second kappa shape index (κ2) is 3.55. The van der Waals surface area contributed by atoms with Crippen molar-refractivity contribution in [1.82, 2.24) is 0 Å². The molecule has 0 bridgehead atoms. The van der Waals surface area contributed by atoms with Gasteiger partial charge in [-0.2, -0.15) is 0 Å². The second-order valence-corrected chi connectivity index (χ2v) is 2.61. The Morgan fingerprint density at radius 2 is 2.00 bits per heavy atom. The molecule has 0 aliphatic carbocycles. The molecule has 0 aliphatic heterocycles. The van der Waals surface area contributed by atoms with Crippen molar-refractivity contribution in [2.24, 2.45) is 5.73 Å². The molecule has 4 heteroatoms. The fraction of sp³-hybridized carbons (Fsp3) is 0.222. The lowest BCUT2D eigenvalue weighted by Gasteiger charge is -2.22. The van der Waals surface area contributed by atoms with Crippen LogP contribution in [0.2, 0.25) is 0 Å². The highest BCUT2D eigenvalue weighted by Gasteiger charge is 2.35. The summed E-state index contributed by atoms with van der Waals surface area (Å²) in [6.07, 6.45) is 0. The van der Waals surface area contributed by atoms with Crippen LogP contribution < -0.4 is 5.73 Å². The molecule has 13 heavy (non-hydrogen) atoms. The summed E-state index contributed by atoms with van der Waals surface area (Å²) < 4.78 is 4.76. The molecule has 0 aliphatic rings. The van der Waals surface area contributed by atoms with E-state index in [1.165, 1.54) is 7.11 Å². The number of benzene rings is 1. The third-order valence-electron chi connectivity index (χ3n) is 1.84. The van der Waals surface area contributed by atoms with Crippen LogP contribution >= 0.6 is 0 Å². The lowest BCUT2D eigenvalue weighted by Crippen LogP contribution is -2.46. The van der Waals surface area contributed by atoms with Crippen molar-refractivity contribution in [2.45, 2.75) is 5.72 Å². The van der Waals surface area contributed by atoms with Gasteiger partial charge in [0.25, 0.3) is 0 Å². The SMILES string of the molecule is COC(N)(C(=O)O)c1ccccc1. The van der Waals surface area contributed by atoms with Gasteiger partial charge in [-0.3, -0.25) is 5.73 Å². The molecule has 3 N–H and O–H groups in total. The Morgan fingerprint density at radius 3 is 2.38 bits per heavy atom. The molecular formula is C9H11NO3. The number of ether oxygens (including phenoxy) is 1. The molecule has 1 atom stereocenters. The van der Waals surface area contributed by atoms with Gasteiger partial charge in [0.2, 0.25) is 5.72 Å². The maximum atomic E-state index is 10.8. The van der Waals surface area contributed by atoms with E-state index in [4.69, 9.17) is 15.6 Å². The standard InChI is InChI=1S/C9H11NO3/c1-13-9(10,8(11)12)7-5-3-2-4-6-7/h2-6H,10H2,1H3,(H,11,12). The maximum Gasteiger partial charge on any atom is 0.356 e. The van der Waals surface area contributed by atoms with Crippen LogP contribution in [0.25, 0.3) is 0 Å². The van der Waals surface area contributed by atoms with E-state index in [1.54, 1.807) is 30.3 Å². The van der Waals surface area contributed by atoms with Crippen LogP contribution in [0.5, 0.6) is 0 Å². The Bertz CT molecular complexity index is 299. The van der Waals surface area contributed by atoms with E-state index in [-0.39, 0.29) is 0 Å². The highest BCUT2D eigenvalue weighted by Crippen LogP contribution is 2.18. The van der Waals surface area contributed by atoms with Crippen molar-refractivity contribution in [3.8, 4) is 0 Å². The molecule has 0 saturated heterocycles. The molecule has 1 rings (SSSR count). The zero-order valence-corrected chi connectivity index (χ0v) is 7.23. The van der Waals surface area contributed by atoms with Crippen LogP contribution in [0.4, 0.5) is 0 Å². The minimum Gasteiger partial charge on any atom is -0.478 e. The van der Waals surface area contributed by atoms with Crippen LogP contribution in [-0.2, 0) is 15.3 Å². The average molecular weight is 181 g/mol. The normalized spacial score (nSPS) is 14.9. The Labute approximate surface area is 75.9 Å². The lowest BCUT2D eigenvalue weighted by molar-refractivity contribution is -0.163. The Hall–Kier alpha value is -1.39. The Kier molecular flexibility index (Phi) is 2.65. The van der Waals surface area contributed by atoms with E-state index in [2.05, 4.69) is 0 Å². The summed E-state index contributed by atoms with van der Waals surface area (Å²) in [5.41, 5.74) is 4.21. The van der Waals surface area contributed by atoms with Gasteiger partial charge in [0.1, 0.15) is 0 Å². The van der Waals surface area contributed by atoms with E-state index >= 15 is 0 Å². The number of hydrogen-bond donors (Lipinski definition) is 2. The molecule has 1 aromatic rings. The quantitative estimate of drug-likeness (QED) is 0.667. The van der Waals surface area contributed by atoms with E-state index < -0.39 is 11.7 Å². The van der Waals surface area contributed by atoms with E-state index in [1.807, 2.05) is 0 Å². The van der Waals surface area contributed by atoms with E-state index in [9.17, 15) is 4.79 Å². The summed E-state index contributed by atoms with van der Waals surface area (Å²) in [4.78, 5) is 10.8. The minimum absolute atomic E-state index is 0.421. The molecule has 4 nitrogen and oxygen atoms in total. The van der Waals surface area contributed by atoms with Crippen LogP contribution in [-0.4, -0.2) is 18.2 Å². The summed E-state index contributed by atoms with van der Waals surface area (Å²) in [7, 11) is 1.26. The minimum atomic E-state index is -1.75. The van der Waals surface area contributed by atoms with Crippen LogP contribution in [0.3, 0.4) is 0 Å². The highest BCUT2D eigenvalue weighted by atomic mass is 16.5. The summed E-state index contributed by atoms with van der Waals surface area (Å²) in [6, 6.07) is 8.41. The van der Waals surface area contributed by atoms with Gasteiger partial charge < -0.3 is 9.84 Å². The number of methoxy groups -OCH3 is 1. The first-order chi connectivity index (χ1) is 6.11. The van der Waals surface area contributed by atoms with E-state index in [0.717, 1.165) is 0 Å². The van der Waals surface area contributed by atoms with Gasteiger partial charge in [-0.25, -0.2) is 4.79 Å². The lowest BCUT2D eigenvalue weighted by atomic mass is 10.0. The number of carbonyl (C=O) groups is 1. The van der Waals surface area contributed by atoms with Crippen molar-refractivity contribution in [3.05, 3.63) is 35.9 Å². The third kappa shape index (κ3) is 1.68. The first-order valence-corrected chi connectivity index (χ1v) is 3.74. The van der Waals surface area contributed by atoms with Crippen LogP contribution in [0.1, 0.15) is 5.56 Å². The van der Waals surface area contributed by atoms with Crippen molar-refractivity contribution >= 4 is 5.97 Å². The molecule has 0 fully saturated rings. The van der Waals surface area contributed by atoms with Crippen molar-refractivity contribution in [2.75, 3.05) is 7.11 Å². The van der Waals surface area contributed by atoms with Gasteiger partial charge in [0.15, 0.2) is 0 Å². The number of hydrogen-bond acceptors (Lipinski definition) is 3. The smallest absolute Gasteiger partial charge is 0.356 e. The monoisotopic (exact) mass is 181 g/mol. The number of rotatable bonds is 3. The molecule has 0 heterocycles. The van der Waals surface area contributed by atoms with Gasteiger partial charge in [-0.1, -0.05) is 30.3 Å². The average Bonchev–Trinajstić information content (AvgIpc) is 2.17. The fourth-order valence-corrected chi connectivity index (χ4v) is 1.01. The Morgan fingerprint density at radius 1 is 1.46 bits per heavy atom. The van der Waals surface area contributed by atoms with Crippen molar-refractivity contribution in [1.29, 1.82) is 0 Å². The maximum absolute atomic E-state index is 10.8. The predicted molar refractivity (Wildman–Crippen MR) is 47.0 cm³/mol. The van der Waals surface area contributed by atoms with Gasteiger partial charge in [0, 0.05) is 12.7 Å². The molecule has 1 aromatic carbocycles. The van der Waals surface area contributed by atoms with Gasteiger partial charge in [-0.05, 0) is 0 Å². The van der Waals surface area contributed by atoms with Gasteiger partial charge >= 0.3 is 5.97 Å². The highest BCUT2D eigenvalue weighted by molar-refractivity contribution is 5.78. The predicted octanol–water partition coefficient (Wildman–Crippen LogP) is 0.529. The van der Waals surface area contributed by atoms with Crippen LogP contribution in [0, 0.1) is 0 Å². The molecular weight excluding hydrogens is 170 g/mol. The van der Waals surface area contributed by atoms with Crippen LogP contribution in [0.15, 0.2) is 30.3 Å². The number of carboxylic acids is 1. The summed E-state index contributed by atoms with van der Waals surface area (Å²) in [6.45, 7) is 0. The molecule has 0 radical (unpaired) electrons. The molecule has 0 aromatic heterocycles. The molecule has 1 unspecified atom stereocenters. The molecule has 0 spiro atoms. The zero-order chi connectivity index (χ0) is 9.90. The van der Waals surface area contributed by atoms with Gasteiger partial charge in [0.05, 0.1) is 0 Å². The van der Waals surface area contributed by atoms with Crippen molar-refractivity contribution < 1.29 is 14.6 Å². The van der Waals surface area contributed by atoms with Gasteiger partial charge in [-0.15, -0.1) is 0 Å². The Balaban J connectivity index is 3.11. The summed E-state index contributed by atoms with van der Waals surface area (Å²) in [5.74, 6) is -1.21. The first-order valence-electron chi connectivity index (χ1n) is 3.74. The number of nitrogens with two attached hydrogens (primary N) is 1. The largest absolute Gasteiger partial charge is 0.478 e. The fourth-order valence-electron chi connectivity index (χ4n) is 1.01. The summed E-state index contributed by atoms with van der Waals surface area (Å²) in [5, 5.41) is 8.84. The second-order valence-electron chi connectivity index (χ2n) is 2.61. The number of carboxylic acid groups (broad SMARTS) is 1. The molecule has 0 amide bonds.